The van der Waals surface area contributed by atoms with Gasteiger partial charge in [0.15, 0.2) is 0 Å². The van der Waals surface area contributed by atoms with Gasteiger partial charge in [0.2, 0.25) is 0 Å². The third-order valence-corrected chi connectivity index (χ3v) is 1.58. The Morgan fingerprint density at radius 1 is 1.38 bits per heavy atom. The largest absolute Gasteiger partial charge is 0.480 e. The molecule has 0 heterocycles. The predicted molar refractivity (Wildman–Crippen MR) is 51.1 cm³/mol. The summed E-state index contributed by atoms with van der Waals surface area (Å²) in [7, 11) is 0. The smallest absolute Gasteiger partial charge is 0.324 e. The maximum absolute atomic E-state index is 10.3. The van der Waals surface area contributed by atoms with Gasteiger partial charge < -0.3 is 10.8 Å². The summed E-state index contributed by atoms with van der Waals surface area (Å²) in [6.07, 6.45) is 3.15. The van der Waals surface area contributed by atoms with E-state index in [0.717, 1.165) is 5.56 Å². The zero-order chi connectivity index (χ0) is 9.68. The van der Waals surface area contributed by atoms with E-state index in [0.29, 0.717) is 0 Å². The van der Waals surface area contributed by atoms with Crippen molar-refractivity contribution in [3.63, 3.8) is 0 Å². The molecule has 68 valence electrons. The Hall–Kier alpha value is -1.61. The Morgan fingerprint density at radius 2 is 2.00 bits per heavy atom. The average molecular weight is 177 g/mol. The molecule has 3 N–H and O–H groups in total. The van der Waals surface area contributed by atoms with E-state index in [2.05, 4.69) is 0 Å². The highest BCUT2D eigenvalue weighted by Gasteiger charge is 2.04. The second-order valence-electron chi connectivity index (χ2n) is 2.63. The van der Waals surface area contributed by atoms with Gasteiger partial charge >= 0.3 is 5.97 Å². The van der Waals surface area contributed by atoms with Crippen LogP contribution in [0.5, 0.6) is 0 Å². The van der Waals surface area contributed by atoms with Crippen LogP contribution in [-0.4, -0.2) is 17.1 Å². The summed E-state index contributed by atoms with van der Waals surface area (Å²) in [5.74, 6) is -1.02. The van der Waals surface area contributed by atoms with Crippen molar-refractivity contribution < 1.29 is 9.90 Å². The molecule has 0 saturated heterocycles. The zero-order valence-corrected chi connectivity index (χ0v) is 7.05. The molecule has 0 aliphatic rings. The molecule has 3 heteroatoms. The molecule has 1 rings (SSSR count). The standard InChI is InChI=1S/C10H11NO2/c11-9(10(12)13)7-6-8-4-2-1-3-5-8/h1-7,9H,11H2,(H,12,13)/b7-6-/t9-/m1/s1. The van der Waals surface area contributed by atoms with E-state index in [1.54, 1.807) is 6.08 Å². The summed E-state index contributed by atoms with van der Waals surface area (Å²) >= 11 is 0. The quantitative estimate of drug-likeness (QED) is 0.727. The predicted octanol–water partition coefficient (Wildman–Crippen LogP) is 1.11. The molecule has 0 amide bonds. The second kappa shape index (κ2) is 4.42. The van der Waals surface area contributed by atoms with E-state index < -0.39 is 12.0 Å². The highest BCUT2D eigenvalue weighted by atomic mass is 16.4. The number of rotatable bonds is 3. The summed E-state index contributed by atoms with van der Waals surface area (Å²) in [5.41, 5.74) is 6.22. The number of hydrogen-bond acceptors (Lipinski definition) is 2. The number of carbonyl (C=O) groups is 1. The van der Waals surface area contributed by atoms with Crippen LogP contribution < -0.4 is 5.73 Å². The van der Waals surface area contributed by atoms with Gasteiger partial charge in [0.05, 0.1) is 0 Å². The molecule has 0 fully saturated rings. The Labute approximate surface area is 76.5 Å². The number of aliphatic carboxylic acids is 1. The van der Waals surface area contributed by atoms with Crippen molar-refractivity contribution in [3.05, 3.63) is 42.0 Å². The summed E-state index contributed by atoms with van der Waals surface area (Å²) in [6.45, 7) is 0. The molecule has 1 aromatic rings. The fraction of sp³-hybridized carbons (Fsp3) is 0.100. The lowest BCUT2D eigenvalue weighted by atomic mass is 10.2. The molecular weight excluding hydrogens is 166 g/mol. The Bertz CT molecular complexity index is 306. The Morgan fingerprint density at radius 3 is 2.54 bits per heavy atom. The number of nitrogens with two attached hydrogens (primary N) is 1. The van der Waals surface area contributed by atoms with E-state index in [1.807, 2.05) is 30.3 Å². The molecule has 0 bridgehead atoms. The van der Waals surface area contributed by atoms with Gasteiger partial charge in [-0.05, 0) is 5.56 Å². The van der Waals surface area contributed by atoms with Gasteiger partial charge in [0, 0.05) is 0 Å². The Kier molecular flexibility index (Phi) is 3.23. The third-order valence-electron chi connectivity index (χ3n) is 1.58. The minimum absolute atomic E-state index is 0.930. The van der Waals surface area contributed by atoms with Crippen LogP contribution in [0.2, 0.25) is 0 Å². The van der Waals surface area contributed by atoms with E-state index in [9.17, 15) is 4.79 Å². The van der Waals surface area contributed by atoms with E-state index in [4.69, 9.17) is 10.8 Å². The lowest BCUT2D eigenvalue weighted by Gasteiger charge is -1.97. The molecule has 0 saturated carbocycles. The van der Waals surface area contributed by atoms with Gasteiger partial charge in [-0.25, -0.2) is 0 Å². The fourth-order valence-corrected chi connectivity index (χ4v) is 0.861. The molecule has 0 unspecified atom stereocenters. The highest BCUT2D eigenvalue weighted by Crippen LogP contribution is 2.01. The molecule has 0 radical (unpaired) electrons. The second-order valence-corrected chi connectivity index (χ2v) is 2.63. The summed E-state index contributed by atoms with van der Waals surface area (Å²) in [5, 5.41) is 8.48. The van der Waals surface area contributed by atoms with Crippen molar-refractivity contribution in [1.29, 1.82) is 0 Å². The number of hydrogen-bond donors (Lipinski definition) is 2. The van der Waals surface area contributed by atoms with Gasteiger partial charge in [0.25, 0.3) is 0 Å². The van der Waals surface area contributed by atoms with Crippen molar-refractivity contribution in [3.8, 4) is 0 Å². The maximum Gasteiger partial charge on any atom is 0.324 e. The van der Waals surface area contributed by atoms with E-state index >= 15 is 0 Å². The van der Waals surface area contributed by atoms with Crippen LogP contribution in [0, 0.1) is 0 Å². The van der Waals surface area contributed by atoms with Gasteiger partial charge in [-0.2, -0.15) is 0 Å². The van der Waals surface area contributed by atoms with E-state index in [-0.39, 0.29) is 0 Å². The van der Waals surface area contributed by atoms with Crippen LogP contribution in [0.15, 0.2) is 36.4 Å². The van der Waals surface area contributed by atoms with Gasteiger partial charge in [-0.3, -0.25) is 4.79 Å². The highest BCUT2D eigenvalue weighted by molar-refractivity contribution is 5.77. The molecule has 0 spiro atoms. The zero-order valence-electron chi connectivity index (χ0n) is 7.05. The van der Waals surface area contributed by atoms with Crippen LogP contribution in [0.1, 0.15) is 5.56 Å². The minimum atomic E-state index is -1.02. The fourth-order valence-electron chi connectivity index (χ4n) is 0.861. The molecule has 1 atom stereocenters. The number of carboxylic acids is 1. The van der Waals surface area contributed by atoms with E-state index in [1.165, 1.54) is 6.08 Å². The molecule has 0 aliphatic heterocycles. The first-order valence-electron chi connectivity index (χ1n) is 3.92. The molecular formula is C10H11NO2. The Balaban J connectivity index is 2.64. The van der Waals surface area contributed by atoms with Gasteiger partial charge in [-0.1, -0.05) is 42.5 Å². The van der Waals surface area contributed by atoms with Crippen LogP contribution in [0.4, 0.5) is 0 Å². The van der Waals surface area contributed by atoms with Gasteiger partial charge in [0.1, 0.15) is 6.04 Å². The first kappa shape index (κ1) is 9.48. The van der Waals surface area contributed by atoms with Crippen molar-refractivity contribution in [2.45, 2.75) is 6.04 Å². The number of carboxylic acid groups (broad SMARTS) is 1. The van der Waals surface area contributed by atoms with Crippen LogP contribution in [0.25, 0.3) is 6.08 Å². The third kappa shape index (κ3) is 3.09. The van der Waals surface area contributed by atoms with Crippen molar-refractivity contribution in [1.82, 2.24) is 0 Å². The SMILES string of the molecule is N[C@H](/C=C\c1ccccc1)C(=O)O. The van der Waals surface area contributed by atoms with Crippen LogP contribution >= 0.6 is 0 Å². The van der Waals surface area contributed by atoms with Crippen LogP contribution in [0.3, 0.4) is 0 Å². The first-order valence-corrected chi connectivity index (χ1v) is 3.92. The summed E-state index contributed by atoms with van der Waals surface area (Å²) in [6, 6.07) is 8.49. The maximum atomic E-state index is 10.3. The lowest BCUT2D eigenvalue weighted by Crippen LogP contribution is -2.27. The first-order chi connectivity index (χ1) is 6.20. The van der Waals surface area contributed by atoms with Crippen molar-refractivity contribution >= 4 is 12.0 Å². The molecule has 13 heavy (non-hydrogen) atoms. The average Bonchev–Trinajstić information content (AvgIpc) is 2.15. The molecule has 3 nitrogen and oxygen atoms in total. The molecule has 0 aliphatic carbocycles. The van der Waals surface area contributed by atoms with Crippen molar-refractivity contribution in [2.75, 3.05) is 0 Å². The molecule has 0 aromatic heterocycles. The molecule has 1 aromatic carbocycles. The number of benzene rings is 1. The van der Waals surface area contributed by atoms with Crippen molar-refractivity contribution in [2.24, 2.45) is 5.73 Å². The van der Waals surface area contributed by atoms with Gasteiger partial charge in [-0.15, -0.1) is 0 Å². The summed E-state index contributed by atoms with van der Waals surface area (Å²) in [4.78, 5) is 10.3. The normalized spacial score (nSPS) is 13.0. The summed E-state index contributed by atoms with van der Waals surface area (Å²) < 4.78 is 0. The van der Waals surface area contributed by atoms with Crippen LogP contribution in [-0.2, 0) is 4.79 Å². The topological polar surface area (TPSA) is 63.3 Å². The minimum Gasteiger partial charge on any atom is -0.480 e. The lowest BCUT2D eigenvalue weighted by molar-refractivity contribution is -0.137. The monoisotopic (exact) mass is 177 g/mol.